The van der Waals surface area contributed by atoms with Gasteiger partial charge in [0, 0.05) is 6.42 Å². The molecule has 1 aromatic rings. The van der Waals surface area contributed by atoms with E-state index < -0.39 is 5.97 Å². The predicted octanol–water partition coefficient (Wildman–Crippen LogP) is 2.96. The summed E-state index contributed by atoms with van der Waals surface area (Å²) in [5.41, 5.74) is 1.07. The molecule has 0 saturated carbocycles. The molecule has 1 aliphatic rings. The minimum atomic E-state index is -0.420. The number of methoxy groups -OCH3 is 1. The minimum absolute atomic E-state index is 0.0670. The third-order valence-electron chi connectivity index (χ3n) is 3.95. The summed E-state index contributed by atoms with van der Waals surface area (Å²) in [5.74, 6) is -0.687. The Labute approximate surface area is 125 Å². The van der Waals surface area contributed by atoms with E-state index in [9.17, 15) is 9.59 Å². The van der Waals surface area contributed by atoms with Crippen LogP contribution in [-0.2, 0) is 14.3 Å². The maximum atomic E-state index is 12.5. The third kappa shape index (κ3) is 3.32. The van der Waals surface area contributed by atoms with E-state index in [2.05, 4.69) is 20.8 Å². The maximum absolute atomic E-state index is 12.5. The lowest BCUT2D eigenvalue weighted by atomic mass is 9.80. The van der Waals surface area contributed by atoms with Crippen LogP contribution in [0.5, 0.6) is 0 Å². The Morgan fingerprint density at radius 1 is 1.29 bits per heavy atom. The first-order valence-electron chi connectivity index (χ1n) is 7.16. The molecule has 1 aliphatic heterocycles. The SMILES string of the molecule is COC(=O)c1ccccc1[C@H]1CO[C@@H](C(C)(C)C)CC1=O. The van der Waals surface area contributed by atoms with Crippen molar-refractivity contribution in [2.45, 2.75) is 39.2 Å². The number of rotatable bonds is 2. The monoisotopic (exact) mass is 290 g/mol. The molecule has 2 rings (SSSR count). The van der Waals surface area contributed by atoms with Gasteiger partial charge in [-0.2, -0.15) is 0 Å². The molecular formula is C17H22O4. The van der Waals surface area contributed by atoms with E-state index in [4.69, 9.17) is 9.47 Å². The molecule has 0 aromatic heterocycles. The van der Waals surface area contributed by atoms with Crippen LogP contribution in [0.15, 0.2) is 24.3 Å². The molecule has 0 amide bonds. The van der Waals surface area contributed by atoms with Crippen molar-refractivity contribution in [2.24, 2.45) is 5.41 Å². The zero-order chi connectivity index (χ0) is 15.6. The Balaban J connectivity index is 2.25. The Hall–Kier alpha value is -1.68. The zero-order valence-corrected chi connectivity index (χ0v) is 13.0. The molecule has 1 heterocycles. The van der Waals surface area contributed by atoms with Crippen LogP contribution >= 0.6 is 0 Å². The molecule has 0 N–H and O–H groups in total. The molecule has 0 bridgehead atoms. The number of carbonyl (C=O) groups excluding carboxylic acids is 2. The van der Waals surface area contributed by atoms with Gasteiger partial charge in [-0.05, 0) is 17.0 Å². The first-order chi connectivity index (χ1) is 9.84. The summed E-state index contributed by atoms with van der Waals surface area (Å²) in [6, 6.07) is 7.08. The largest absolute Gasteiger partial charge is 0.465 e. The Bertz CT molecular complexity index is 542. The van der Waals surface area contributed by atoms with Crippen LogP contribution in [0.3, 0.4) is 0 Å². The van der Waals surface area contributed by atoms with E-state index in [1.54, 1.807) is 18.2 Å². The summed E-state index contributed by atoms with van der Waals surface area (Å²) in [4.78, 5) is 24.3. The average molecular weight is 290 g/mol. The van der Waals surface area contributed by atoms with Crippen molar-refractivity contribution in [3.63, 3.8) is 0 Å². The van der Waals surface area contributed by atoms with Crippen molar-refractivity contribution in [2.75, 3.05) is 13.7 Å². The number of Topliss-reactive ketones (excluding diaryl/α,β-unsaturated/α-hetero) is 1. The van der Waals surface area contributed by atoms with Gasteiger partial charge in [-0.3, -0.25) is 4.79 Å². The zero-order valence-electron chi connectivity index (χ0n) is 13.0. The fourth-order valence-corrected chi connectivity index (χ4v) is 2.61. The van der Waals surface area contributed by atoms with Gasteiger partial charge in [-0.1, -0.05) is 39.0 Å². The highest BCUT2D eigenvalue weighted by Crippen LogP contribution is 2.34. The second-order valence-corrected chi connectivity index (χ2v) is 6.49. The van der Waals surface area contributed by atoms with Crippen LogP contribution in [0.4, 0.5) is 0 Å². The number of benzene rings is 1. The topological polar surface area (TPSA) is 52.6 Å². The van der Waals surface area contributed by atoms with Crippen LogP contribution in [-0.4, -0.2) is 31.6 Å². The summed E-state index contributed by atoms with van der Waals surface area (Å²) in [5, 5.41) is 0. The molecule has 0 radical (unpaired) electrons. The van der Waals surface area contributed by atoms with Crippen molar-refractivity contribution in [1.82, 2.24) is 0 Å². The van der Waals surface area contributed by atoms with Crippen LogP contribution in [0.25, 0.3) is 0 Å². The highest BCUT2D eigenvalue weighted by molar-refractivity contribution is 5.95. The highest BCUT2D eigenvalue weighted by Gasteiger charge is 2.37. The van der Waals surface area contributed by atoms with Crippen molar-refractivity contribution >= 4 is 11.8 Å². The number of hydrogen-bond donors (Lipinski definition) is 0. The molecule has 1 aromatic carbocycles. The molecule has 0 spiro atoms. The highest BCUT2D eigenvalue weighted by atomic mass is 16.5. The number of hydrogen-bond acceptors (Lipinski definition) is 4. The Morgan fingerprint density at radius 3 is 2.52 bits per heavy atom. The standard InChI is InChI=1S/C17H22O4/c1-17(2,3)15-9-14(18)13(10-21-15)11-7-5-6-8-12(11)16(19)20-4/h5-8,13,15H,9-10H2,1-4H3/t13-,15-/m1/s1. The van der Waals surface area contributed by atoms with Gasteiger partial charge in [0.2, 0.25) is 0 Å². The fourth-order valence-electron chi connectivity index (χ4n) is 2.61. The average Bonchev–Trinajstić information content (AvgIpc) is 2.45. The molecule has 0 aliphatic carbocycles. The lowest BCUT2D eigenvalue weighted by Gasteiger charge is -2.36. The van der Waals surface area contributed by atoms with Crippen molar-refractivity contribution in [1.29, 1.82) is 0 Å². The summed E-state index contributed by atoms with van der Waals surface area (Å²) < 4.78 is 10.7. The number of ketones is 1. The normalized spacial score (nSPS) is 23.0. The molecule has 4 nitrogen and oxygen atoms in total. The van der Waals surface area contributed by atoms with Crippen LogP contribution in [0.2, 0.25) is 0 Å². The lowest BCUT2D eigenvalue weighted by Crippen LogP contribution is -2.40. The molecule has 21 heavy (non-hydrogen) atoms. The van der Waals surface area contributed by atoms with Crippen LogP contribution in [0, 0.1) is 5.41 Å². The van der Waals surface area contributed by atoms with Crippen molar-refractivity contribution < 1.29 is 19.1 Å². The van der Waals surface area contributed by atoms with E-state index in [1.165, 1.54) is 7.11 Å². The minimum Gasteiger partial charge on any atom is -0.465 e. The smallest absolute Gasteiger partial charge is 0.338 e. The first-order valence-corrected chi connectivity index (χ1v) is 7.16. The van der Waals surface area contributed by atoms with Gasteiger partial charge in [-0.25, -0.2) is 4.79 Å². The second kappa shape index (κ2) is 5.98. The van der Waals surface area contributed by atoms with Crippen molar-refractivity contribution in [3.8, 4) is 0 Å². The van der Waals surface area contributed by atoms with E-state index in [1.807, 2.05) is 6.07 Å². The molecule has 114 valence electrons. The summed E-state index contributed by atoms with van der Waals surface area (Å²) in [7, 11) is 1.34. The second-order valence-electron chi connectivity index (χ2n) is 6.49. The van der Waals surface area contributed by atoms with Gasteiger partial charge in [0.15, 0.2) is 0 Å². The van der Waals surface area contributed by atoms with Gasteiger partial charge in [-0.15, -0.1) is 0 Å². The van der Waals surface area contributed by atoms with Gasteiger partial charge in [0.1, 0.15) is 5.78 Å². The molecule has 1 fully saturated rings. The predicted molar refractivity (Wildman–Crippen MR) is 79.3 cm³/mol. The van der Waals surface area contributed by atoms with Crippen molar-refractivity contribution in [3.05, 3.63) is 35.4 Å². The van der Waals surface area contributed by atoms with E-state index >= 15 is 0 Å². The maximum Gasteiger partial charge on any atom is 0.338 e. The number of esters is 1. The van der Waals surface area contributed by atoms with Gasteiger partial charge in [0.25, 0.3) is 0 Å². The number of carbonyl (C=O) groups is 2. The number of ether oxygens (including phenoxy) is 2. The Morgan fingerprint density at radius 2 is 1.95 bits per heavy atom. The molecule has 1 saturated heterocycles. The van der Waals surface area contributed by atoms with Gasteiger partial charge < -0.3 is 9.47 Å². The quantitative estimate of drug-likeness (QED) is 0.786. The molecular weight excluding hydrogens is 268 g/mol. The third-order valence-corrected chi connectivity index (χ3v) is 3.95. The summed E-state index contributed by atoms with van der Waals surface area (Å²) in [6.07, 6.45) is 0.301. The Kier molecular flexibility index (Phi) is 4.47. The fraction of sp³-hybridized carbons (Fsp3) is 0.529. The summed E-state index contributed by atoms with van der Waals surface area (Å²) >= 11 is 0. The van der Waals surface area contributed by atoms with Crippen LogP contribution < -0.4 is 0 Å². The molecule has 0 unspecified atom stereocenters. The molecule has 2 atom stereocenters. The van der Waals surface area contributed by atoms with Gasteiger partial charge in [0.05, 0.1) is 31.3 Å². The van der Waals surface area contributed by atoms with E-state index in [-0.39, 0.29) is 23.2 Å². The van der Waals surface area contributed by atoms with E-state index in [0.29, 0.717) is 24.2 Å². The summed E-state index contributed by atoms with van der Waals surface area (Å²) in [6.45, 7) is 6.50. The van der Waals surface area contributed by atoms with Crippen LogP contribution in [0.1, 0.15) is 49.0 Å². The first kappa shape index (κ1) is 15.7. The molecule has 4 heteroatoms. The lowest BCUT2D eigenvalue weighted by molar-refractivity contribution is -0.137. The van der Waals surface area contributed by atoms with E-state index in [0.717, 1.165) is 0 Å². The van der Waals surface area contributed by atoms with Gasteiger partial charge >= 0.3 is 5.97 Å².